The molecule has 0 aliphatic rings. The van der Waals surface area contributed by atoms with Gasteiger partial charge in [-0.2, -0.15) is 0 Å². The van der Waals surface area contributed by atoms with Gasteiger partial charge in [0.15, 0.2) is 0 Å². The first kappa shape index (κ1) is 16.5. The topological polar surface area (TPSA) is 72.2 Å². The van der Waals surface area contributed by atoms with Crippen molar-refractivity contribution in [3.8, 4) is 0 Å². The molecule has 0 spiro atoms. The number of rotatable bonds is 4. The van der Waals surface area contributed by atoms with Crippen molar-refractivity contribution in [3.05, 3.63) is 43.6 Å². The van der Waals surface area contributed by atoms with Gasteiger partial charge in [-0.1, -0.05) is 15.9 Å². The molecule has 0 amide bonds. The molecular formula is C14H17BrN2O2S2. The largest absolute Gasteiger partial charge is 0.326 e. The second-order valence-corrected chi connectivity index (χ2v) is 8.65. The molecule has 0 radical (unpaired) electrons. The van der Waals surface area contributed by atoms with Crippen LogP contribution in [-0.4, -0.2) is 8.42 Å². The summed E-state index contributed by atoms with van der Waals surface area (Å²) in [6.07, 6.45) is 0. The number of anilines is 1. The molecule has 2 rings (SSSR count). The van der Waals surface area contributed by atoms with Crippen LogP contribution in [0.25, 0.3) is 0 Å². The second-order valence-electron chi connectivity index (χ2n) is 4.87. The zero-order valence-electron chi connectivity index (χ0n) is 12.0. The molecule has 3 N–H and O–H groups in total. The maximum absolute atomic E-state index is 12.5. The number of thiophene rings is 1. The summed E-state index contributed by atoms with van der Waals surface area (Å²) in [6.45, 7) is 5.99. The van der Waals surface area contributed by atoms with E-state index in [1.807, 2.05) is 13.8 Å². The van der Waals surface area contributed by atoms with E-state index in [0.717, 1.165) is 25.4 Å². The van der Waals surface area contributed by atoms with Crippen LogP contribution in [0, 0.1) is 20.8 Å². The fraction of sp³-hybridized carbons (Fsp3) is 0.286. The van der Waals surface area contributed by atoms with Crippen LogP contribution in [0.15, 0.2) is 27.6 Å². The highest BCUT2D eigenvalue weighted by atomic mass is 79.9. The van der Waals surface area contributed by atoms with Crippen molar-refractivity contribution < 1.29 is 8.42 Å². The van der Waals surface area contributed by atoms with Gasteiger partial charge in [0.05, 0.1) is 0 Å². The van der Waals surface area contributed by atoms with Crippen molar-refractivity contribution in [1.29, 1.82) is 0 Å². The minimum absolute atomic E-state index is 0.297. The normalized spacial score (nSPS) is 11.7. The standard InChI is InChI=1S/C14H17BrN2O2S2/c1-8-4-11(5-9(2)14(8)15)17-21(18,19)13-6-12(7-16)20-10(13)3/h4-6,17H,7,16H2,1-3H3. The summed E-state index contributed by atoms with van der Waals surface area (Å²) in [5.74, 6) is 0. The van der Waals surface area contributed by atoms with Crippen LogP contribution in [-0.2, 0) is 16.6 Å². The number of hydrogen-bond donors (Lipinski definition) is 2. The van der Waals surface area contributed by atoms with Crippen molar-refractivity contribution in [2.45, 2.75) is 32.2 Å². The molecule has 0 aliphatic carbocycles. The predicted molar refractivity (Wildman–Crippen MR) is 91.4 cm³/mol. The minimum atomic E-state index is -3.59. The molecule has 21 heavy (non-hydrogen) atoms. The number of benzene rings is 1. The van der Waals surface area contributed by atoms with Gasteiger partial charge in [0.25, 0.3) is 10.0 Å². The number of nitrogens with two attached hydrogens (primary N) is 1. The number of aryl methyl sites for hydroxylation is 3. The zero-order valence-corrected chi connectivity index (χ0v) is 15.2. The van der Waals surface area contributed by atoms with Crippen molar-refractivity contribution in [3.63, 3.8) is 0 Å². The maximum Gasteiger partial charge on any atom is 0.263 e. The molecule has 0 atom stereocenters. The fourth-order valence-corrected chi connectivity index (χ4v) is 4.89. The fourth-order valence-electron chi connectivity index (χ4n) is 2.11. The average Bonchev–Trinajstić information content (AvgIpc) is 2.77. The first-order valence-corrected chi connectivity index (χ1v) is 9.43. The van der Waals surface area contributed by atoms with E-state index >= 15 is 0 Å². The SMILES string of the molecule is Cc1cc(NS(=O)(=O)c2cc(CN)sc2C)cc(C)c1Br. The Kier molecular flexibility index (Phi) is 4.77. The molecule has 0 aliphatic heterocycles. The van der Waals surface area contributed by atoms with Crippen LogP contribution in [0.5, 0.6) is 0 Å². The summed E-state index contributed by atoms with van der Waals surface area (Å²) in [5.41, 5.74) is 8.10. The second kappa shape index (κ2) is 6.08. The smallest absolute Gasteiger partial charge is 0.263 e. The predicted octanol–water partition coefficient (Wildman–Crippen LogP) is 3.70. The van der Waals surface area contributed by atoms with E-state index < -0.39 is 10.0 Å². The lowest BCUT2D eigenvalue weighted by molar-refractivity contribution is 0.601. The Balaban J connectivity index is 2.39. The Labute approximate surface area is 137 Å². The average molecular weight is 389 g/mol. The molecule has 1 aromatic carbocycles. The molecular weight excluding hydrogens is 372 g/mol. The van der Waals surface area contributed by atoms with Crippen molar-refractivity contribution in [1.82, 2.24) is 0 Å². The van der Waals surface area contributed by atoms with E-state index in [0.29, 0.717) is 17.1 Å². The van der Waals surface area contributed by atoms with Gasteiger partial charge in [-0.25, -0.2) is 8.42 Å². The third-order valence-electron chi connectivity index (χ3n) is 3.10. The summed E-state index contributed by atoms with van der Waals surface area (Å²) < 4.78 is 28.6. The van der Waals surface area contributed by atoms with E-state index in [2.05, 4.69) is 20.7 Å². The van der Waals surface area contributed by atoms with Crippen molar-refractivity contribution in [2.24, 2.45) is 5.73 Å². The summed E-state index contributed by atoms with van der Waals surface area (Å²) >= 11 is 4.88. The lowest BCUT2D eigenvalue weighted by Crippen LogP contribution is -2.13. The number of hydrogen-bond acceptors (Lipinski definition) is 4. The molecule has 1 aromatic heterocycles. The van der Waals surface area contributed by atoms with Gasteiger partial charge < -0.3 is 5.73 Å². The lowest BCUT2D eigenvalue weighted by atomic mass is 10.1. The van der Waals surface area contributed by atoms with Gasteiger partial charge in [-0.15, -0.1) is 11.3 Å². The first-order chi connectivity index (χ1) is 9.74. The first-order valence-electron chi connectivity index (χ1n) is 6.33. The van der Waals surface area contributed by atoms with E-state index in [1.54, 1.807) is 25.1 Å². The highest BCUT2D eigenvalue weighted by Gasteiger charge is 2.20. The number of nitrogens with one attached hydrogen (secondary N) is 1. The van der Waals surface area contributed by atoms with Gasteiger partial charge >= 0.3 is 0 Å². The van der Waals surface area contributed by atoms with E-state index in [9.17, 15) is 8.42 Å². The highest BCUT2D eigenvalue weighted by molar-refractivity contribution is 9.10. The molecule has 114 valence electrons. The van der Waals surface area contributed by atoms with Crippen LogP contribution in [0.4, 0.5) is 5.69 Å². The highest BCUT2D eigenvalue weighted by Crippen LogP contribution is 2.29. The quantitative estimate of drug-likeness (QED) is 0.838. The summed E-state index contributed by atoms with van der Waals surface area (Å²) in [6, 6.07) is 5.25. The minimum Gasteiger partial charge on any atom is -0.326 e. The monoisotopic (exact) mass is 388 g/mol. The van der Waals surface area contributed by atoms with Gasteiger partial charge in [0.2, 0.25) is 0 Å². The molecule has 0 fully saturated rings. The molecule has 4 nitrogen and oxygen atoms in total. The molecule has 0 bridgehead atoms. The van der Waals surface area contributed by atoms with Crippen LogP contribution in [0.2, 0.25) is 0 Å². The third-order valence-corrected chi connectivity index (χ3v) is 7.06. The third kappa shape index (κ3) is 3.48. The Morgan fingerprint density at radius 2 is 1.76 bits per heavy atom. The van der Waals surface area contributed by atoms with Crippen LogP contribution >= 0.6 is 27.3 Å². The summed E-state index contributed by atoms with van der Waals surface area (Å²) in [5, 5.41) is 0. The molecule has 2 aromatic rings. The van der Waals surface area contributed by atoms with E-state index in [-0.39, 0.29) is 0 Å². The summed E-state index contributed by atoms with van der Waals surface area (Å²) in [7, 11) is -3.59. The van der Waals surface area contributed by atoms with Gasteiger partial charge in [-0.05, 0) is 50.1 Å². The van der Waals surface area contributed by atoms with Crippen LogP contribution < -0.4 is 10.5 Å². The van der Waals surface area contributed by atoms with Gasteiger partial charge in [-0.3, -0.25) is 4.72 Å². The van der Waals surface area contributed by atoms with Crippen LogP contribution in [0.3, 0.4) is 0 Å². The zero-order chi connectivity index (χ0) is 15.8. The Hall–Kier alpha value is -0.890. The molecule has 1 heterocycles. The van der Waals surface area contributed by atoms with E-state index in [1.165, 1.54) is 11.3 Å². The Morgan fingerprint density at radius 1 is 1.19 bits per heavy atom. The Bertz CT molecular complexity index is 759. The molecule has 0 unspecified atom stereocenters. The molecule has 0 saturated heterocycles. The van der Waals surface area contributed by atoms with Gasteiger partial charge in [0, 0.05) is 26.5 Å². The summed E-state index contributed by atoms with van der Waals surface area (Å²) in [4.78, 5) is 1.90. The van der Waals surface area contributed by atoms with Crippen molar-refractivity contribution in [2.75, 3.05) is 4.72 Å². The van der Waals surface area contributed by atoms with Crippen molar-refractivity contribution >= 4 is 43.0 Å². The Morgan fingerprint density at radius 3 is 2.24 bits per heavy atom. The van der Waals surface area contributed by atoms with E-state index in [4.69, 9.17) is 5.73 Å². The number of halogens is 1. The van der Waals surface area contributed by atoms with Crippen LogP contribution in [0.1, 0.15) is 20.9 Å². The maximum atomic E-state index is 12.5. The van der Waals surface area contributed by atoms with Gasteiger partial charge in [0.1, 0.15) is 4.90 Å². The lowest BCUT2D eigenvalue weighted by Gasteiger charge is -2.11. The number of sulfonamides is 1. The molecule has 7 heteroatoms. The molecule has 0 saturated carbocycles.